The molecule has 0 saturated carbocycles. The number of furan rings is 1. The standard InChI is InChI=1S/C20H17N3O5S/c1-2-29(26,27)14-9-7-13(8-10-14)22-17(24)11-23-12-21-18-15-5-3-4-6-16(15)28-19(18)20(23)25/h3-10,12H,2,11H2,1H3,(H,22,24). The first-order valence-corrected chi connectivity index (χ1v) is 10.5. The summed E-state index contributed by atoms with van der Waals surface area (Å²) < 4.78 is 30.4. The molecule has 29 heavy (non-hydrogen) atoms. The second kappa shape index (κ2) is 7.17. The van der Waals surface area contributed by atoms with E-state index in [1.807, 2.05) is 12.1 Å². The van der Waals surface area contributed by atoms with Gasteiger partial charge in [0.1, 0.15) is 17.6 Å². The fourth-order valence-electron chi connectivity index (χ4n) is 3.00. The highest BCUT2D eigenvalue weighted by molar-refractivity contribution is 7.91. The molecule has 4 rings (SSSR count). The van der Waals surface area contributed by atoms with E-state index in [4.69, 9.17) is 4.42 Å². The van der Waals surface area contributed by atoms with Gasteiger partial charge in [-0.2, -0.15) is 0 Å². The van der Waals surface area contributed by atoms with Crippen LogP contribution >= 0.6 is 0 Å². The van der Waals surface area contributed by atoms with Crippen LogP contribution in [0.25, 0.3) is 22.1 Å². The number of fused-ring (bicyclic) bond motifs is 3. The highest BCUT2D eigenvalue weighted by atomic mass is 32.2. The Labute approximate surface area is 165 Å². The normalized spacial score (nSPS) is 11.8. The van der Waals surface area contributed by atoms with Crippen molar-refractivity contribution in [2.75, 3.05) is 11.1 Å². The van der Waals surface area contributed by atoms with E-state index < -0.39 is 21.3 Å². The van der Waals surface area contributed by atoms with Gasteiger partial charge >= 0.3 is 0 Å². The summed E-state index contributed by atoms with van der Waals surface area (Å²) in [4.78, 5) is 29.4. The van der Waals surface area contributed by atoms with Crippen LogP contribution in [0.1, 0.15) is 6.92 Å². The number of para-hydroxylation sites is 1. The third-order valence-corrected chi connectivity index (χ3v) is 6.29. The van der Waals surface area contributed by atoms with Gasteiger partial charge in [-0.25, -0.2) is 13.4 Å². The molecule has 9 heteroatoms. The van der Waals surface area contributed by atoms with E-state index in [0.717, 1.165) is 9.95 Å². The number of amides is 1. The summed E-state index contributed by atoms with van der Waals surface area (Å²) in [5, 5.41) is 3.37. The Kier molecular flexibility index (Phi) is 4.67. The number of anilines is 1. The number of hydrogen-bond acceptors (Lipinski definition) is 6. The number of nitrogens with one attached hydrogen (secondary N) is 1. The van der Waals surface area contributed by atoms with Gasteiger partial charge in [-0.3, -0.25) is 14.2 Å². The number of carbonyl (C=O) groups is 1. The van der Waals surface area contributed by atoms with Crippen molar-refractivity contribution in [2.45, 2.75) is 18.4 Å². The molecular weight excluding hydrogens is 394 g/mol. The van der Waals surface area contributed by atoms with Gasteiger partial charge in [0.05, 0.1) is 17.0 Å². The number of rotatable bonds is 5. The predicted octanol–water partition coefficient (Wildman–Crippen LogP) is 2.58. The molecule has 1 amide bonds. The lowest BCUT2D eigenvalue weighted by atomic mass is 10.2. The van der Waals surface area contributed by atoms with Gasteiger partial charge in [-0.05, 0) is 36.4 Å². The lowest BCUT2D eigenvalue weighted by Gasteiger charge is -2.08. The van der Waals surface area contributed by atoms with Crippen molar-refractivity contribution in [1.29, 1.82) is 0 Å². The molecule has 0 aliphatic carbocycles. The summed E-state index contributed by atoms with van der Waals surface area (Å²) in [6.45, 7) is 1.31. The van der Waals surface area contributed by atoms with E-state index in [2.05, 4.69) is 10.3 Å². The molecule has 8 nitrogen and oxygen atoms in total. The van der Waals surface area contributed by atoms with Crippen LogP contribution < -0.4 is 10.9 Å². The SMILES string of the molecule is CCS(=O)(=O)c1ccc(NC(=O)Cn2cnc3c(oc4ccccc43)c2=O)cc1. The quantitative estimate of drug-likeness (QED) is 0.540. The van der Waals surface area contributed by atoms with Crippen LogP contribution in [0.5, 0.6) is 0 Å². The average molecular weight is 411 g/mol. The molecule has 148 valence electrons. The fraction of sp³-hybridized carbons (Fsp3) is 0.150. The molecule has 1 N–H and O–H groups in total. The third-order valence-electron chi connectivity index (χ3n) is 4.54. The van der Waals surface area contributed by atoms with Crippen molar-refractivity contribution in [3.8, 4) is 0 Å². The van der Waals surface area contributed by atoms with Gasteiger partial charge in [0.15, 0.2) is 9.84 Å². The van der Waals surface area contributed by atoms with Crippen LogP contribution in [0.15, 0.2) is 69.0 Å². The van der Waals surface area contributed by atoms with E-state index in [1.54, 1.807) is 19.1 Å². The van der Waals surface area contributed by atoms with Crippen molar-refractivity contribution < 1.29 is 17.6 Å². The van der Waals surface area contributed by atoms with Crippen molar-refractivity contribution in [1.82, 2.24) is 9.55 Å². The lowest BCUT2D eigenvalue weighted by molar-refractivity contribution is -0.116. The topological polar surface area (TPSA) is 111 Å². The summed E-state index contributed by atoms with van der Waals surface area (Å²) in [6, 6.07) is 13.1. The van der Waals surface area contributed by atoms with Crippen molar-refractivity contribution in [2.24, 2.45) is 0 Å². The van der Waals surface area contributed by atoms with Crippen LogP contribution in [0.2, 0.25) is 0 Å². The van der Waals surface area contributed by atoms with Gasteiger partial charge in [-0.15, -0.1) is 0 Å². The molecule has 2 aromatic heterocycles. The number of hydrogen-bond donors (Lipinski definition) is 1. The number of benzene rings is 2. The minimum Gasteiger partial charge on any atom is -0.448 e. The molecule has 4 aromatic rings. The predicted molar refractivity (Wildman–Crippen MR) is 109 cm³/mol. The zero-order chi connectivity index (χ0) is 20.6. The Bertz CT molecular complexity index is 1390. The van der Waals surface area contributed by atoms with Gasteiger partial charge in [0.2, 0.25) is 11.5 Å². The van der Waals surface area contributed by atoms with Crippen molar-refractivity contribution >= 4 is 43.5 Å². The molecule has 0 bridgehead atoms. The van der Waals surface area contributed by atoms with Gasteiger partial charge in [0.25, 0.3) is 5.56 Å². The number of sulfone groups is 1. The molecule has 0 fully saturated rings. The third kappa shape index (κ3) is 3.52. The summed E-state index contributed by atoms with van der Waals surface area (Å²) in [5.41, 5.74) is 1.07. The van der Waals surface area contributed by atoms with Gasteiger partial charge < -0.3 is 9.73 Å². The number of carbonyl (C=O) groups excluding carboxylic acids is 1. The zero-order valence-electron chi connectivity index (χ0n) is 15.5. The minimum absolute atomic E-state index is 0.00110. The Balaban J connectivity index is 1.55. The van der Waals surface area contributed by atoms with E-state index in [0.29, 0.717) is 16.8 Å². The summed E-state index contributed by atoms with van der Waals surface area (Å²) in [6.07, 6.45) is 1.31. The van der Waals surface area contributed by atoms with Crippen molar-refractivity contribution in [3.05, 3.63) is 65.2 Å². The van der Waals surface area contributed by atoms with Gasteiger partial charge in [-0.1, -0.05) is 19.1 Å². The Morgan fingerprint density at radius 3 is 2.59 bits per heavy atom. The van der Waals surface area contributed by atoms with Crippen molar-refractivity contribution in [3.63, 3.8) is 0 Å². The zero-order valence-corrected chi connectivity index (χ0v) is 16.3. The maximum Gasteiger partial charge on any atom is 0.297 e. The smallest absolute Gasteiger partial charge is 0.297 e. The number of aromatic nitrogens is 2. The Hall–Kier alpha value is -3.46. The summed E-state index contributed by atoms with van der Waals surface area (Å²) in [7, 11) is -3.31. The highest BCUT2D eigenvalue weighted by Gasteiger charge is 2.15. The molecule has 2 heterocycles. The monoisotopic (exact) mass is 411 g/mol. The Morgan fingerprint density at radius 2 is 1.86 bits per heavy atom. The molecule has 0 atom stereocenters. The largest absolute Gasteiger partial charge is 0.448 e. The summed E-state index contributed by atoms with van der Waals surface area (Å²) >= 11 is 0. The van der Waals surface area contributed by atoms with Crippen LogP contribution in [0.4, 0.5) is 5.69 Å². The van der Waals surface area contributed by atoms with Crippen LogP contribution in [0.3, 0.4) is 0 Å². The maximum atomic E-state index is 12.7. The number of nitrogens with zero attached hydrogens (tertiary/aromatic N) is 2. The molecule has 0 unspecified atom stereocenters. The first kappa shape index (κ1) is 18.9. The summed E-state index contributed by atoms with van der Waals surface area (Å²) in [5.74, 6) is -0.450. The molecule has 0 aliphatic rings. The molecular formula is C20H17N3O5S. The lowest BCUT2D eigenvalue weighted by Crippen LogP contribution is -2.27. The average Bonchev–Trinajstić information content (AvgIpc) is 3.10. The maximum absolute atomic E-state index is 12.7. The Morgan fingerprint density at radius 1 is 1.14 bits per heavy atom. The van der Waals surface area contributed by atoms with E-state index >= 15 is 0 Å². The van der Waals surface area contributed by atoms with Gasteiger partial charge in [0, 0.05) is 11.1 Å². The first-order chi connectivity index (χ1) is 13.9. The second-order valence-corrected chi connectivity index (χ2v) is 8.71. The van der Waals surface area contributed by atoms with E-state index in [9.17, 15) is 18.0 Å². The molecule has 0 spiro atoms. The molecule has 2 aromatic carbocycles. The van der Waals surface area contributed by atoms with Crippen LogP contribution in [-0.4, -0.2) is 29.6 Å². The van der Waals surface area contributed by atoms with E-state index in [1.165, 1.54) is 30.6 Å². The molecule has 0 radical (unpaired) electrons. The minimum atomic E-state index is -3.31. The van der Waals surface area contributed by atoms with Crippen LogP contribution in [0, 0.1) is 0 Å². The van der Waals surface area contributed by atoms with E-state index in [-0.39, 0.29) is 22.8 Å². The molecule has 0 saturated heterocycles. The highest BCUT2D eigenvalue weighted by Crippen LogP contribution is 2.24. The first-order valence-electron chi connectivity index (χ1n) is 8.88. The van der Waals surface area contributed by atoms with Crippen LogP contribution in [-0.2, 0) is 21.2 Å². The fourth-order valence-corrected chi connectivity index (χ4v) is 3.88. The second-order valence-electron chi connectivity index (χ2n) is 6.43. The molecule has 0 aliphatic heterocycles.